The highest BCUT2D eigenvalue weighted by atomic mass is 16.5. The summed E-state index contributed by atoms with van der Waals surface area (Å²) >= 11 is 0. The fourth-order valence-electron chi connectivity index (χ4n) is 5.57. The number of anilines is 1. The zero-order valence-electron chi connectivity index (χ0n) is 28.1. The molecule has 266 valence electrons. The molecule has 3 heterocycles. The third-order valence-corrected chi connectivity index (χ3v) is 8.19. The van der Waals surface area contributed by atoms with Gasteiger partial charge in [-0.15, -0.1) is 0 Å². The molecule has 0 bridgehead atoms. The second kappa shape index (κ2) is 16.9. The molecule has 16 heteroatoms. The minimum absolute atomic E-state index is 0.0788. The molecule has 1 fully saturated rings. The molecule has 51 heavy (non-hydrogen) atoms. The first-order valence-electron chi connectivity index (χ1n) is 16.1. The summed E-state index contributed by atoms with van der Waals surface area (Å²) in [5.41, 5.74) is 4.24. The van der Waals surface area contributed by atoms with Crippen LogP contribution in [-0.4, -0.2) is 90.8 Å². The molecular formula is C35H38N8O8. The smallest absolute Gasteiger partial charge is 0.289 e. The van der Waals surface area contributed by atoms with Crippen LogP contribution in [0.5, 0.6) is 17.2 Å². The SMILES string of the molecule is COc1ccc(CNC(=O)C(=O)C2CCCN2C(=O)CNC(=O)c2ccnc3cc(OCCNC(=O)c4ccc(NN)nc4)ccc23)cc1OC. The van der Waals surface area contributed by atoms with Gasteiger partial charge in [-0.1, -0.05) is 6.07 Å². The van der Waals surface area contributed by atoms with Crippen molar-refractivity contribution >= 4 is 46.1 Å². The molecule has 2 aromatic carbocycles. The van der Waals surface area contributed by atoms with E-state index in [0.29, 0.717) is 63.5 Å². The zero-order valence-corrected chi connectivity index (χ0v) is 28.1. The predicted molar refractivity (Wildman–Crippen MR) is 185 cm³/mol. The van der Waals surface area contributed by atoms with Crippen molar-refractivity contribution in [3.05, 3.63) is 83.7 Å². The van der Waals surface area contributed by atoms with E-state index in [9.17, 15) is 24.0 Å². The van der Waals surface area contributed by atoms with E-state index in [0.717, 1.165) is 0 Å². The number of nitrogens with one attached hydrogen (secondary N) is 4. The monoisotopic (exact) mass is 698 g/mol. The quantitative estimate of drug-likeness (QED) is 0.0515. The van der Waals surface area contributed by atoms with Crippen molar-refractivity contribution in [2.45, 2.75) is 25.4 Å². The third kappa shape index (κ3) is 8.85. The summed E-state index contributed by atoms with van der Waals surface area (Å²) in [6.07, 6.45) is 3.76. The molecule has 4 amide bonds. The Kier molecular flexibility index (Phi) is 11.9. The Labute approximate surface area is 293 Å². The molecule has 1 atom stereocenters. The van der Waals surface area contributed by atoms with Crippen LogP contribution >= 0.6 is 0 Å². The summed E-state index contributed by atoms with van der Waals surface area (Å²) in [6, 6.07) is 13.9. The molecule has 0 spiro atoms. The highest BCUT2D eigenvalue weighted by molar-refractivity contribution is 6.38. The van der Waals surface area contributed by atoms with Gasteiger partial charge in [0, 0.05) is 36.9 Å². The fourth-order valence-corrected chi connectivity index (χ4v) is 5.57. The Morgan fingerprint density at radius 2 is 1.73 bits per heavy atom. The van der Waals surface area contributed by atoms with Crippen LogP contribution in [0.15, 0.2) is 67.0 Å². The molecule has 2 aromatic heterocycles. The number of fused-ring (bicyclic) bond motifs is 1. The lowest BCUT2D eigenvalue weighted by atomic mass is 10.1. The van der Waals surface area contributed by atoms with Gasteiger partial charge in [0.1, 0.15) is 24.2 Å². The minimum atomic E-state index is -0.925. The van der Waals surface area contributed by atoms with Crippen molar-refractivity contribution < 1.29 is 38.2 Å². The number of benzene rings is 2. The first kappa shape index (κ1) is 36.0. The van der Waals surface area contributed by atoms with E-state index in [2.05, 4.69) is 31.3 Å². The molecule has 0 saturated carbocycles. The fraction of sp³-hybridized carbons (Fsp3) is 0.286. The Morgan fingerprint density at radius 3 is 2.47 bits per heavy atom. The number of carbonyl (C=O) groups excluding carboxylic acids is 5. The number of nitrogens with two attached hydrogens (primary N) is 1. The van der Waals surface area contributed by atoms with Crippen LogP contribution in [0.4, 0.5) is 5.82 Å². The molecule has 5 rings (SSSR count). The number of amides is 4. The van der Waals surface area contributed by atoms with E-state index >= 15 is 0 Å². The van der Waals surface area contributed by atoms with Crippen molar-refractivity contribution in [2.75, 3.05) is 45.9 Å². The van der Waals surface area contributed by atoms with Gasteiger partial charge in [-0.3, -0.25) is 29.0 Å². The number of nitrogen functional groups attached to an aromatic ring is 1. The summed E-state index contributed by atoms with van der Waals surface area (Å²) in [5.74, 6) is 4.40. The van der Waals surface area contributed by atoms with Crippen molar-refractivity contribution in [1.29, 1.82) is 0 Å². The lowest BCUT2D eigenvalue weighted by Crippen LogP contribution is -2.49. The molecule has 1 aliphatic rings. The normalized spacial score (nSPS) is 13.6. The van der Waals surface area contributed by atoms with Crippen molar-refractivity contribution in [3.63, 3.8) is 0 Å². The van der Waals surface area contributed by atoms with Gasteiger partial charge < -0.3 is 40.5 Å². The third-order valence-electron chi connectivity index (χ3n) is 8.19. The van der Waals surface area contributed by atoms with E-state index in [1.807, 2.05) is 0 Å². The number of nitrogens with zero attached hydrogens (tertiary/aromatic N) is 3. The molecule has 16 nitrogen and oxygen atoms in total. The van der Waals surface area contributed by atoms with Crippen LogP contribution in [0.25, 0.3) is 10.9 Å². The number of methoxy groups -OCH3 is 2. The van der Waals surface area contributed by atoms with Gasteiger partial charge in [-0.05, 0) is 60.9 Å². The maximum absolute atomic E-state index is 13.2. The Morgan fingerprint density at radius 1 is 0.902 bits per heavy atom. The number of pyridine rings is 2. The average molecular weight is 699 g/mol. The number of ether oxygens (including phenoxy) is 3. The Hall–Kier alpha value is -6.29. The summed E-state index contributed by atoms with van der Waals surface area (Å²) < 4.78 is 16.3. The van der Waals surface area contributed by atoms with E-state index in [1.54, 1.807) is 48.5 Å². The molecule has 0 aliphatic carbocycles. The van der Waals surface area contributed by atoms with Gasteiger partial charge in [-0.25, -0.2) is 10.8 Å². The highest BCUT2D eigenvalue weighted by Gasteiger charge is 2.37. The van der Waals surface area contributed by atoms with Gasteiger partial charge in [0.05, 0.1) is 44.0 Å². The van der Waals surface area contributed by atoms with E-state index < -0.39 is 29.5 Å². The summed E-state index contributed by atoms with van der Waals surface area (Å²) in [5, 5.41) is 8.52. The summed E-state index contributed by atoms with van der Waals surface area (Å²) in [4.78, 5) is 74.1. The Balaban J connectivity index is 1.11. The van der Waals surface area contributed by atoms with Crippen LogP contribution < -0.4 is 41.4 Å². The van der Waals surface area contributed by atoms with Gasteiger partial charge in [0.25, 0.3) is 17.7 Å². The second-order valence-corrected chi connectivity index (χ2v) is 11.4. The average Bonchev–Trinajstić information content (AvgIpc) is 3.67. The first-order chi connectivity index (χ1) is 24.7. The summed E-state index contributed by atoms with van der Waals surface area (Å²) in [7, 11) is 3.02. The van der Waals surface area contributed by atoms with Crippen LogP contribution in [0.2, 0.25) is 0 Å². The number of Topliss-reactive ketones (excluding diaryl/α,β-unsaturated/α-hetero) is 1. The summed E-state index contributed by atoms with van der Waals surface area (Å²) in [6.45, 7) is 0.405. The molecule has 6 N–H and O–H groups in total. The zero-order chi connectivity index (χ0) is 36.3. The van der Waals surface area contributed by atoms with E-state index in [-0.39, 0.29) is 38.7 Å². The van der Waals surface area contributed by atoms with Gasteiger partial charge in [-0.2, -0.15) is 0 Å². The number of hydrazine groups is 1. The van der Waals surface area contributed by atoms with Gasteiger partial charge in [0.15, 0.2) is 11.5 Å². The van der Waals surface area contributed by atoms with Gasteiger partial charge in [0.2, 0.25) is 11.7 Å². The number of carbonyl (C=O) groups is 5. The van der Waals surface area contributed by atoms with Crippen LogP contribution in [0, 0.1) is 0 Å². The van der Waals surface area contributed by atoms with Crippen molar-refractivity contribution in [3.8, 4) is 17.2 Å². The maximum atomic E-state index is 13.2. The van der Waals surface area contributed by atoms with Crippen LogP contribution in [0.3, 0.4) is 0 Å². The number of rotatable bonds is 15. The molecule has 1 unspecified atom stereocenters. The van der Waals surface area contributed by atoms with Crippen molar-refractivity contribution in [2.24, 2.45) is 5.84 Å². The standard InChI is InChI=1S/C35H38N8O8/c1-49-28-9-5-21(16-29(28)50-2)18-40-35(48)32(45)27-4-3-14-43(27)31(44)20-41-34(47)25-11-12-37-26-17-23(7-8-24(25)26)51-15-13-38-33(46)22-6-10-30(42-36)39-19-22/h5-12,16-17,19,27H,3-4,13-15,18,20,36H2,1-2H3,(H,38,46)(H,39,42)(H,40,48)(H,41,47). The lowest BCUT2D eigenvalue weighted by molar-refractivity contribution is -0.144. The number of hydrogen-bond donors (Lipinski definition) is 5. The lowest BCUT2D eigenvalue weighted by Gasteiger charge is -2.23. The predicted octanol–water partition coefficient (Wildman–Crippen LogP) is 1.35. The Bertz CT molecular complexity index is 1920. The minimum Gasteiger partial charge on any atom is -0.493 e. The molecule has 1 saturated heterocycles. The van der Waals surface area contributed by atoms with Crippen LogP contribution in [0.1, 0.15) is 39.1 Å². The van der Waals surface area contributed by atoms with Crippen molar-refractivity contribution in [1.82, 2.24) is 30.8 Å². The molecule has 0 radical (unpaired) electrons. The van der Waals surface area contributed by atoms with E-state index in [4.69, 9.17) is 20.1 Å². The topological polar surface area (TPSA) is 216 Å². The number of hydrogen-bond acceptors (Lipinski definition) is 12. The second-order valence-electron chi connectivity index (χ2n) is 11.4. The molecule has 4 aromatic rings. The first-order valence-corrected chi connectivity index (χ1v) is 16.1. The molecular weight excluding hydrogens is 660 g/mol. The molecule has 1 aliphatic heterocycles. The maximum Gasteiger partial charge on any atom is 0.289 e. The number of likely N-dealkylation sites (tertiary alicyclic amines) is 1. The van der Waals surface area contributed by atoms with Crippen LogP contribution in [-0.2, 0) is 20.9 Å². The largest absolute Gasteiger partial charge is 0.493 e. The van der Waals surface area contributed by atoms with Gasteiger partial charge >= 0.3 is 0 Å². The highest BCUT2D eigenvalue weighted by Crippen LogP contribution is 2.27. The number of ketones is 1. The van der Waals surface area contributed by atoms with E-state index in [1.165, 1.54) is 37.6 Å². The number of aromatic nitrogens is 2.